The molecule has 3 heteroatoms. The summed E-state index contributed by atoms with van der Waals surface area (Å²) in [7, 11) is 0. The number of fused-ring (bicyclic) bond motifs is 7. The van der Waals surface area contributed by atoms with E-state index in [4.69, 9.17) is 9.97 Å². The van der Waals surface area contributed by atoms with E-state index >= 15 is 0 Å². The smallest absolute Gasteiger partial charge is 0.235 e. The molecule has 0 aliphatic carbocycles. The first-order valence-electron chi connectivity index (χ1n) is 18.7. The van der Waals surface area contributed by atoms with Gasteiger partial charge in [-0.2, -0.15) is 0 Å². The molecule has 0 radical (unpaired) electrons. The molecule has 0 saturated carbocycles. The fourth-order valence-electron chi connectivity index (χ4n) is 8.30. The number of aromatic nitrogens is 3. The van der Waals surface area contributed by atoms with Crippen molar-refractivity contribution in [1.29, 1.82) is 0 Å². The lowest BCUT2D eigenvalue weighted by Crippen LogP contribution is -2.03. The maximum absolute atomic E-state index is 5.24. The summed E-state index contributed by atoms with van der Waals surface area (Å²) >= 11 is 0. The van der Waals surface area contributed by atoms with Crippen LogP contribution >= 0.6 is 0 Å². The molecule has 0 bridgehead atoms. The van der Waals surface area contributed by atoms with Gasteiger partial charge in [-0.3, -0.25) is 4.57 Å². The second kappa shape index (κ2) is 12.6. The van der Waals surface area contributed by atoms with Crippen LogP contribution in [0.15, 0.2) is 200 Å². The molecule has 0 amide bonds. The number of benzene rings is 9. The molecule has 55 heavy (non-hydrogen) atoms. The Kier molecular flexibility index (Phi) is 7.17. The molecule has 0 unspecified atom stereocenters. The van der Waals surface area contributed by atoms with Crippen molar-refractivity contribution in [1.82, 2.24) is 14.5 Å². The summed E-state index contributed by atoms with van der Waals surface area (Å²) in [4.78, 5) is 10.5. The van der Waals surface area contributed by atoms with Crippen LogP contribution in [0.2, 0.25) is 0 Å². The Morgan fingerprint density at radius 2 is 0.855 bits per heavy atom. The van der Waals surface area contributed by atoms with Crippen molar-refractivity contribution < 1.29 is 0 Å². The van der Waals surface area contributed by atoms with Gasteiger partial charge in [-0.1, -0.05) is 164 Å². The Hall–Kier alpha value is -7.36. The molecular weight excluding hydrogens is 667 g/mol. The Labute approximate surface area is 318 Å². The van der Waals surface area contributed by atoms with Crippen molar-refractivity contribution in [2.45, 2.75) is 0 Å². The van der Waals surface area contributed by atoms with Crippen LogP contribution in [0.4, 0.5) is 0 Å². The maximum atomic E-state index is 5.24. The van der Waals surface area contributed by atoms with Gasteiger partial charge in [0.15, 0.2) is 0 Å². The lowest BCUT2D eigenvalue weighted by atomic mass is 9.94. The zero-order valence-electron chi connectivity index (χ0n) is 29.9. The largest absolute Gasteiger partial charge is 0.278 e. The van der Waals surface area contributed by atoms with Crippen LogP contribution in [0, 0.1) is 0 Å². The molecule has 9 aromatic carbocycles. The quantitative estimate of drug-likeness (QED) is 0.179. The summed E-state index contributed by atoms with van der Waals surface area (Å²) in [5.41, 5.74) is 10.9. The first kappa shape index (κ1) is 31.2. The van der Waals surface area contributed by atoms with Gasteiger partial charge in [-0.05, 0) is 91.0 Å². The van der Waals surface area contributed by atoms with Crippen LogP contribution in [0.1, 0.15) is 0 Å². The zero-order chi connectivity index (χ0) is 36.3. The van der Waals surface area contributed by atoms with E-state index in [-0.39, 0.29) is 0 Å². The van der Waals surface area contributed by atoms with Gasteiger partial charge in [0, 0.05) is 21.9 Å². The molecule has 0 saturated heterocycles. The minimum atomic E-state index is 0.652. The summed E-state index contributed by atoms with van der Waals surface area (Å²) < 4.78 is 2.24. The highest BCUT2D eigenvalue weighted by atomic mass is 15.2. The van der Waals surface area contributed by atoms with Gasteiger partial charge >= 0.3 is 0 Å². The van der Waals surface area contributed by atoms with E-state index in [1.807, 2.05) is 12.1 Å². The minimum Gasteiger partial charge on any atom is -0.278 e. The zero-order valence-corrected chi connectivity index (χ0v) is 29.9. The number of hydrogen-bond acceptors (Lipinski definition) is 2. The third kappa shape index (κ3) is 5.28. The van der Waals surface area contributed by atoms with Crippen molar-refractivity contribution in [2.24, 2.45) is 0 Å². The van der Waals surface area contributed by atoms with Gasteiger partial charge < -0.3 is 0 Å². The predicted octanol–water partition coefficient (Wildman–Crippen LogP) is 13.7. The highest BCUT2D eigenvalue weighted by molar-refractivity contribution is 6.21. The summed E-state index contributed by atoms with van der Waals surface area (Å²) in [5.74, 6) is 0.652. The van der Waals surface area contributed by atoms with Crippen LogP contribution in [-0.2, 0) is 0 Å². The first-order valence-corrected chi connectivity index (χ1v) is 18.7. The second-order valence-electron chi connectivity index (χ2n) is 14.2. The van der Waals surface area contributed by atoms with E-state index in [1.54, 1.807) is 0 Å². The first-order chi connectivity index (χ1) is 27.2. The average Bonchev–Trinajstić information content (AvgIpc) is 3.61. The summed E-state index contributed by atoms with van der Waals surface area (Å²) in [6, 6.07) is 71.6. The van der Waals surface area contributed by atoms with Crippen molar-refractivity contribution in [3.8, 4) is 50.7 Å². The molecule has 0 aliphatic rings. The van der Waals surface area contributed by atoms with E-state index in [0.717, 1.165) is 33.5 Å². The van der Waals surface area contributed by atoms with E-state index in [2.05, 4.69) is 193 Å². The molecule has 0 N–H and O–H groups in total. The highest BCUT2D eigenvalue weighted by Gasteiger charge is 2.19. The molecule has 0 spiro atoms. The van der Waals surface area contributed by atoms with E-state index in [0.29, 0.717) is 5.95 Å². The number of nitrogens with zero attached hydrogens (tertiary/aromatic N) is 3. The molecule has 0 atom stereocenters. The molecule has 11 rings (SSSR count). The van der Waals surface area contributed by atoms with Crippen LogP contribution < -0.4 is 0 Å². The molecule has 0 fully saturated rings. The SMILES string of the molecule is c1ccc(-c2cc(-c3ccccc3)nc(-n3c4ccccc4c4c5cc(-c6ccc7cc(-c8cccc9ccccc89)ccc7c6)ccc5ccc43)n2)cc1. The standard InChI is InChI=1S/C52H33N3/c1-3-13-36(14-4-1)47-33-48(37-15-5-2-6-16-37)54-52(53-47)55-49-21-10-9-19-45(49)51-46-32-41(23-22-35(46)28-29-50(51)55)39-24-25-40-31-42(27-26-38(40)30-39)44-20-11-17-34-12-7-8-18-43(34)44/h1-33H. The third-order valence-electron chi connectivity index (χ3n) is 11.0. The summed E-state index contributed by atoms with van der Waals surface area (Å²) in [6.45, 7) is 0. The van der Waals surface area contributed by atoms with Crippen LogP contribution in [-0.4, -0.2) is 14.5 Å². The van der Waals surface area contributed by atoms with E-state index in [9.17, 15) is 0 Å². The molecule has 0 aliphatic heterocycles. The normalized spacial score (nSPS) is 11.6. The molecular formula is C52H33N3. The summed E-state index contributed by atoms with van der Waals surface area (Å²) in [5, 5.41) is 9.77. The Bertz CT molecular complexity index is 3190. The molecule has 2 heterocycles. The van der Waals surface area contributed by atoms with Gasteiger partial charge in [0.25, 0.3) is 0 Å². The fourth-order valence-corrected chi connectivity index (χ4v) is 8.30. The molecule has 256 valence electrons. The molecule has 3 nitrogen and oxygen atoms in total. The monoisotopic (exact) mass is 699 g/mol. The lowest BCUT2D eigenvalue weighted by molar-refractivity contribution is 0.996. The molecule has 11 aromatic rings. The highest BCUT2D eigenvalue weighted by Crippen LogP contribution is 2.39. The number of para-hydroxylation sites is 1. The minimum absolute atomic E-state index is 0.652. The van der Waals surface area contributed by atoms with Gasteiger partial charge in [-0.15, -0.1) is 0 Å². The fraction of sp³-hybridized carbons (Fsp3) is 0. The van der Waals surface area contributed by atoms with Crippen molar-refractivity contribution in [3.05, 3.63) is 200 Å². The topological polar surface area (TPSA) is 30.7 Å². The third-order valence-corrected chi connectivity index (χ3v) is 11.0. The van der Waals surface area contributed by atoms with E-state index in [1.165, 1.54) is 65.3 Å². The Balaban J connectivity index is 1.07. The van der Waals surface area contributed by atoms with Crippen LogP contribution in [0.25, 0.3) is 105 Å². The Morgan fingerprint density at radius 3 is 1.60 bits per heavy atom. The number of hydrogen-bond donors (Lipinski definition) is 0. The van der Waals surface area contributed by atoms with Crippen molar-refractivity contribution in [3.63, 3.8) is 0 Å². The van der Waals surface area contributed by atoms with E-state index < -0.39 is 0 Å². The number of rotatable bonds is 5. The van der Waals surface area contributed by atoms with Crippen molar-refractivity contribution in [2.75, 3.05) is 0 Å². The van der Waals surface area contributed by atoms with Gasteiger partial charge in [0.1, 0.15) is 0 Å². The van der Waals surface area contributed by atoms with Crippen LogP contribution in [0.5, 0.6) is 0 Å². The average molecular weight is 700 g/mol. The lowest BCUT2D eigenvalue weighted by Gasteiger charge is -2.12. The maximum Gasteiger partial charge on any atom is 0.235 e. The van der Waals surface area contributed by atoms with Gasteiger partial charge in [0.05, 0.1) is 22.4 Å². The van der Waals surface area contributed by atoms with Gasteiger partial charge in [-0.25, -0.2) is 9.97 Å². The summed E-state index contributed by atoms with van der Waals surface area (Å²) in [6.07, 6.45) is 0. The van der Waals surface area contributed by atoms with Crippen molar-refractivity contribution >= 4 is 54.1 Å². The Morgan fingerprint density at radius 1 is 0.309 bits per heavy atom. The van der Waals surface area contributed by atoms with Gasteiger partial charge in [0.2, 0.25) is 5.95 Å². The predicted molar refractivity (Wildman–Crippen MR) is 231 cm³/mol. The second-order valence-corrected chi connectivity index (χ2v) is 14.2. The van der Waals surface area contributed by atoms with Crippen LogP contribution in [0.3, 0.4) is 0 Å². The molecule has 2 aromatic heterocycles.